The van der Waals surface area contributed by atoms with E-state index in [0.717, 1.165) is 55.2 Å². The Balaban J connectivity index is 1.26. The Morgan fingerprint density at radius 3 is 2.40 bits per heavy atom. The van der Waals surface area contributed by atoms with Gasteiger partial charge in [0.15, 0.2) is 8.32 Å². The third kappa shape index (κ3) is 6.99. The summed E-state index contributed by atoms with van der Waals surface area (Å²) < 4.78 is 19.3. The Hall–Kier alpha value is -3.98. The van der Waals surface area contributed by atoms with E-state index >= 15 is 0 Å². The van der Waals surface area contributed by atoms with E-state index < -0.39 is 8.32 Å². The van der Waals surface area contributed by atoms with Crippen LogP contribution in [0.2, 0.25) is 18.1 Å². The van der Waals surface area contributed by atoms with Gasteiger partial charge in [-0.15, -0.1) is 0 Å². The highest BCUT2D eigenvalue weighted by atomic mass is 28.4. The zero-order valence-corrected chi connectivity index (χ0v) is 27.0. The molecule has 0 bridgehead atoms. The van der Waals surface area contributed by atoms with Crippen molar-refractivity contribution < 1.29 is 13.9 Å². The van der Waals surface area contributed by atoms with Gasteiger partial charge in [0.1, 0.15) is 24.2 Å². The molecule has 0 atom stereocenters. The number of hydrogen-bond donors (Lipinski definition) is 0. The summed E-state index contributed by atoms with van der Waals surface area (Å²) in [6, 6.07) is 12.3. The molecule has 0 aliphatic carbocycles. The summed E-state index contributed by atoms with van der Waals surface area (Å²) in [5, 5.41) is 14.3. The minimum absolute atomic E-state index is 0.142. The Kier molecular flexibility index (Phi) is 9.01. The van der Waals surface area contributed by atoms with Gasteiger partial charge in [0.2, 0.25) is 5.88 Å². The molecule has 4 aromatic heterocycles. The van der Waals surface area contributed by atoms with Crippen LogP contribution in [0.5, 0.6) is 11.6 Å². The highest BCUT2D eigenvalue weighted by Crippen LogP contribution is 2.36. The maximum atomic E-state index is 9.75. The number of piperazine rings is 1. The largest absolute Gasteiger partial charge is 0.490 e. The van der Waals surface area contributed by atoms with E-state index in [1.807, 2.05) is 30.7 Å². The standard InChI is InChI=1S/C32H41N7O3Si/c1-32(2,3)43(5,6)42-16-15-41-27-17-28(31-26(18-33)21-36-39(31)23-27)25-8-9-29(34-20-25)38-13-11-37(12-14-38)22-24-7-10-30(40-4)35-19-24/h7-10,17,19-21,23H,11-16,22H2,1-6H3. The van der Waals surface area contributed by atoms with E-state index in [1.165, 1.54) is 5.56 Å². The number of hydrogen-bond acceptors (Lipinski definition) is 9. The quantitative estimate of drug-likeness (QED) is 0.175. The molecule has 1 fully saturated rings. The molecule has 0 radical (unpaired) electrons. The number of rotatable bonds is 10. The molecule has 43 heavy (non-hydrogen) atoms. The highest BCUT2D eigenvalue weighted by Gasteiger charge is 2.37. The maximum absolute atomic E-state index is 9.75. The monoisotopic (exact) mass is 599 g/mol. The van der Waals surface area contributed by atoms with Crippen LogP contribution in [-0.4, -0.2) is 79.3 Å². The average Bonchev–Trinajstić information content (AvgIpc) is 3.42. The van der Waals surface area contributed by atoms with Crippen LogP contribution < -0.4 is 14.4 Å². The molecule has 4 aromatic rings. The molecular formula is C32H41N7O3Si. The van der Waals surface area contributed by atoms with Gasteiger partial charge >= 0.3 is 0 Å². The molecule has 10 nitrogen and oxygen atoms in total. The first-order valence-electron chi connectivity index (χ1n) is 14.7. The fourth-order valence-electron chi connectivity index (χ4n) is 4.90. The van der Waals surface area contributed by atoms with E-state index in [4.69, 9.17) is 18.9 Å². The van der Waals surface area contributed by atoms with Crippen molar-refractivity contribution in [1.29, 1.82) is 5.26 Å². The van der Waals surface area contributed by atoms with Crippen LogP contribution in [0.25, 0.3) is 16.6 Å². The van der Waals surface area contributed by atoms with Crippen molar-refractivity contribution in [2.24, 2.45) is 0 Å². The lowest BCUT2D eigenvalue weighted by atomic mass is 10.1. The van der Waals surface area contributed by atoms with Crippen molar-refractivity contribution in [3.63, 3.8) is 0 Å². The van der Waals surface area contributed by atoms with E-state index in [9.17, 15) is 5.26 Å². The predicted molar refractivity (Wildman–Crippen MR) is 170 cm³/mol. The summed E-state index contributed by atoms with van der Waals surface area (Å²) in [6.07, 6.45) is 7.16. The number of ether oxygens (including phenoxy) is 2. The van der Waals surface area contributed by atoms with Gasteiger partial charge in [0.05, 0.1) is 37.2 Å². The number of nitriles is 1. The second-order valence-electron chi connectivity index (χ2n) is 12.4. The van der Waals surface area contributed by atoms with Crippen LogP contribution in [0, 0.1) is 11.3 Å². The number of methoxy groups -OCH3 is 1. The lowest BCUT2D eigenvalue weighted by Gasteiger charge is -2.36. The third-order valence-corrected chi connectivity index (χ3v) is 13.0. The fourth-order valence-corrected chi connectivity index (χ4v) is 5.93. The average molecular weight is 600 g/mol. The number of fused-ring (bicyclic) bond motifs is 1. The van der Waals surface area contributed by atoms with Crippen LogP contribution in [0.15, 0.2) is 55.1 Å². The lowest BCUT2D eigenvalue weighted by Crippen LogP contribution is -2.46. The topological polar surface area (TPSA) is 101 Å². The van der Waals surface area contributed by atoms with Gasteiger partial charge < -0.3 is 18.8 Å². The van der Waals surface area contributed by atoms with E-state index in [1.54, 1.807) is 17.8 Å². The lowest BCUT2D eigenvalue weighted by molar-refractivity contribution is 0.203. The van der Waals surface area contributed by atoms with Gasteiger partial charge in [-0.25, -0.2) is 14.5 Å². The second-order valence-corrected chi connectivity index (χ2v) is 17.2. The SMILES string of the molecule is COc1ccc(CN2CCN(c3ccc(-c4cc(OCCO[Si](C)(C)C(C)(C)C)cn5ncc(C#N)c45)cn3)CC2)cn1. The molecule has 1 saturated heterocycles. The van der Waals surface area contributed by atoms with E-state index in [0.29, 0.717) is 30.4 Å². The van der Waals surface area contributed by atoms with Crippen molar-refractivity contribution in [3.05, 3.63) is 66.2 Å². The zero-order valence-electron chi connectivity index (χ0n) is 26.0. The molecule has 0 N–H and O–H groups in total. The molecule has 1 aliphatic heterocycles. The van der Waals surface area contributed by atoms with Gasteiger partial charge in [-0.2, -0.15) is 10.4 Å². The van der Waals surface area contributed by atoms with E-state index in [-0.39, 0.29) is 5.04 Å². The van der Waals surface area contributed by atoms with E-state index in [2.05, 4.69) is 78.0 Å². The molecule has 11 heteroatoms. The molecular weight excluding hydrogens is 558 g/mol. The maximum Gasteiger partial charge on any atom is 0.212 e. The molecule has 1 aliphatic rings. The summed E-state index contributed by atoms with van der Waals surface area (Å²) in [6.45, 7) is 16.6. The first kappa shape index (κ1) is 30.5. The Bertz CT molecular complexity index is 1570. The first-order valence-corrected chi connectivity index (χ1v) is 17.6. The molecule has 0 spiro atoms. The predicted octanol–water partition coefficient (Wildman–Crippen LogP) is 5.39. The number of anilines is 1. The number of pyridine rings is 3. The molecule has 0 unspecified atom stereocenters. The highest BCUT2D eigenvalue weighted by molar-refractivity contribution is 6.74. The van der Waals surface area contributed by atoms with Crippen LogP contribution in [-0.2, 0) is 11.0 Å². The van der Waals surface area contributed by atoms with Crippen molar-refractivity contribution >= 4 is 19.7 Å². The number of aromatic nitrogens is 4. The molecule has 0 saturated carbocycles. The van der Waals surface area contributed by atoms with Gasteiger partial charge in [0, 0.05) is 62.3 Å². The molecule has 0 aromatic carbocycles. The Morgan fingerprint density at radius 1 is 0.977 bits per heavy atom. The zero-order chi connectivity index (χ0) is 30.6. The summed E-state index contributed by atoms with van der Waals surface area (Å²) in [5.41, 5.74) is 4.18. The van der Waals surface area contributed by atoms with Gasteiger partial charge in [-0.3, -0.25) is 4.90 Å². The first-order chi connectivity index (χ1) is 20.6. The summed E-state index contributed by atoms with van der Waals surface area (Å²) in [5.74, 6) is 2.24. The number of nitrogens with zero attached hydrogens (tertiary/aromatic N) is 7. The van der Waals surface area contributed by atoms with Crippen molar-refractivity contribution in [2.45, 2.75) is 45.4 Å². The fraction of sp³-hybridized carbons (Fsp3) is 0.438. The van der Waals surface area contributed by atoms with Gasteiger partial charge in [-0.05, 0) is 41.9 Å². The van der Waals surface area contributed by atoms with Gasteiger partial charge in [0.25, 0.3) is 0 Å². The van der Waals surface area contributed by atoms with Crippen molar-refractivity contribution in [3.8, 4) is 28.8 Å². The smallest absolute Gasteiger partial charge is 0.212 e. The molecule has 226 valence electrons. The van der Waals surface area contributed by atoms with Gasteiger partial charge in [-0.1, -0.05) is 26.8 Å². The summed E-state index contributed by atoms with van der Waals surface area (Å²) >= 11 is 0. The summed E-state index contributed by atoms with van der Waals surface area (Å²) in [4.78, 5) is 13.9. The summed E-state index contributed by atoms with van der Waals surface area (Å²) in [7, 11) is -0.224. The minimum atomic E-state index is -1.85. The Morgan fingerprint density at radius 2 is 1.77 bits per heavy atom. The van der Waals surface area contributed by atoms with Crippen molar-refractivity contribution in [2.75, 3.05) is 51.4 Å². The molecule has 5 rings (SSSR count). The Labute approximate surface area is 255 Å². The van der Waals surface area contributed by atoms with Crippen LogP contribution in [0.1, 0.15) is 31.9 Å². The van der Waals surface area contributed by atoms with Crippen LogP contribution >= 0.6 is 0 Å². The normalized spacial score (nSPS) is 14.6. The third-order valence-electron chi connectivity index (χ3n) is 8.50. The molecule has 5 heterocycles. The van der Waals surface area contributed by atoms with Crippen molar-refractivity contribution in [1.82, 2.24) is 24.5 Å². The van der Waals surface area contributed by atoms with Crippen LogP contribution in [0.4, 0.5) is 5.82 Å². The second kappa shape index (κ2) is 12.7. The van der Waals surface area contributed by atoms with Crippen LogP contribution in [0.3, 0.4) is 0 Å². The molecule has 0 amide bonds. The minimum Gasteiger partial charge on any atom is -0.490 e.